The molecule has 0 aromatic carbocycles. The highest BCUT2D eigenvalue weighted by atomic mass is 16.5. The molecule has 74 valence electrons. The van der Waals surface area contributed by atoms with Gasteiger partial charge in [0, 0.05) is 20.3 Å². The number of aliphatic hydroxyl groups excluding tert-OH is 1. The topological polar surface area (TPSA) is 71.1 Å². The van der Waals surface area contributed by atoms with Crippen LogP contribution in [0.3, 0.4) is 0 Å². The first kappa shape index (κ1) is 9.85. The summed E-state index contributed by atoms with van der Waals surface area (Å²) in [4.78, 5) is 5.87. The minimum atomic E-state index is -0.495. The molecule has 0 spiro atoms. The van der Waals surface area contributed by atoms with Gasteiger partial charge in [-0.25, -0.2) is 4.99 Å². The smallest absolute Gasteiger partial charge is 0.234 e. The van der Waals surface area contributed by atoms with E-state index in [4.69, 9.17) is 15.6 Å². The van der Waals surface area contributed by atoms with Crippen LogP contribution in [0.1, 0.15) is 0 Å². The third-order valence-electron chi connectivity index (χ3n) is 1.72. The van der Waals surface area contributed by atoms with Gasteiger partial charge in [0.1, 0.15) is 18.4 Å². The van der Waals surface area contributed by atoms with Crippen LogP contribution >= 0.6 is 0 Å². The molecule has 1 heterocycles. The monoisotopic (exact) mass is 185 g/mol. The van der Waals surface area contributed by atoms with Crippen LogP contribution in [-0.2, 0) is 4.74 Å². The molecule has 1 atom stereocenters. The molecule has 1 aliphatic heterocycles. The van der Waals surface area contributed by atoms with Crippen LogP contribution in [0.5, 0.6) is 0 Å². The second-order valence-electron chi connectivity index (χ2n) is 3.06. The molecule has 5 nitrogen and oxygen atoms in total. The van der Waals surface area contributed by atoms with E-state index in [0.29, 0.717) is 12.4 Å². The lowest BCUT2D eigenvalue weighted by Crippen LogP contribution is -2.32. The van der Waals surface area contributed by atoms with E-state index in [-0.39, 0.29) is 6.61 Å². The Morgan fingerprint density at radius 3 is 2.85 bits per heavy atom. The molecule has 13 heavy (non-hydrogen) atoms. The molecular formula is C8H15N3O2. The fourth-order valence-electron chi connectivity index (χ4n) is 1.03. The summed E-state index contributed by atoms with van der Waals surface area (Å²) in [5.41, 5.74) is 6.14. The molecule has 0 radical (unpaired) electrons. The normalized spacial score (nSPS) is 23.5. The number of aliphatic hydroxyl groups is 1. The number of nitrogens with two attached hydrogens (primary N) is 1. The molecule has 0 aliphatic carbocycles. The van der Waals surface area contributed by atoms with Gasteiger partial charge in [-0.05, 0) is 0 Å². The van der Waals surface area contributed by atoms with E-state index >= 15 is 0 Å². The van der Waals surface area contributed by atoms with E-state index in [0.717, 1.165) is 5.70 Å². The highest BCUT2D eigenvalue weighted by Gasteiger charge is 2.17. The number of hydrogen-bond acceptors (Lipinski definition) is 5. The van der Waals surface area contributed by atoms with Crippen LogP contribution in [-0.4, -0.2) is 49.3 Å². The highest BCUT2D eigenvalue weighted by Crippen LogP contribution is 2.07. The number of rotatable bonds is 2. The van der Waals surface area contributed by atoms with Gasteiger partial charge in [0.25, 0.3) is 0 Å². The highest BCUT2D eigenvalue weighted by molar-refractivity contribution is 5.93. The van der Waals surface area contributed by atoms with E-state index in [1.54, 1.807) is 0 Å². The minimum Gasteiger partial charge on any atom is -0.474 e. The van der Waals surface area contributed by atoms with E-state index in [9.17, 15) is 0 Å². The summed E-state index contributed by atoms with van der Waals surface area (Å²) in [5.74, 6) is 0.498. The summed E-state index contributed by atoms with van der Waals surface area (Å²) in [6.45, 7) is 0.657. The molecule has 5 heteroatoms. The third kappa shape index (κ3) is 2.35. The van der Waals surface area contributed by atoms with Gasteiger partial charge >= 0.3 is 0 Å². The summed E-state index contributed by atoms with van der Waals surface area (Å²) in [6.07, 6.45) is 0.946. The Kier molecular flexibility index (Phi) is 3.13. The van der Waals surface area contributed by atoms with Crippen molar-refractivity contribution in [1.82, 2.24) is 4.90 Å². The molecule has 0 fully saturated rings. The van der Waals surface area contributed by atoms with Gasteiger partial charge < -0.3 is 20.5 Å². The van der Waals surface area contributed by atoms with Crippen molar-refractivity contribution in [3.8, 4) is 0 Å². The largest absolute Gasteiger partial charge is 0.474 e. The molecule has 0 bridgehead atoms. The van der Waals surface area contributed by atoms with Gasteiger partial charge in [-0.2, -0.15) is 0 Å². The van der Waals surface area contributed by atoms with Crippen molar-refractivity contribution in [2.24, 2.45) is 10.7 Å². The van der Waals surface area contributed by atoms with Gasteiger partial charge in [-0.15, -0.1) is 0 Å². The standard InChI is InChI=1S/C8H15N3O2/c1-11(2)7(3-9)8-10-4-6(12)5-13-8/h3,6,12H,4-5,9H2,1-2H3. The molecule has 0 saturated carbocycles. The summed E-state index contributed by atoms with van der Waals surface area (Å²) in [7, 11) is 3.71. The van der Waals surface area contributed by atoms with Crippen LogP contribution in [0.15, 0.2) is 16.9 Å². The predicted octanol–water partition coefficient (Wildman–Crippen LogP) is -0.862. The third-order valence-corrected chi connectivity index (χ3v) is 1.72. The van der Waals surface area contributed by atoms with Crippen molar-refractivity contribution in [3.05, 3.63) is 11.9 Å². The maximum Gasteiger partial charge on any atom is 0.234 e. The number of nitrogens with zero attached hydrogens (tertiary/aromatic N) is 2. The lowest BCUT2D eigenvalue weighted by molar-refractivity contribution is 0.0939. The first-order valence-electron chi connectivity index (χ1n) is 4.10. The quantitative estimate of drug-likeness (QED) is 0.587. The van der Waals surface area contributed by atoms with Gasteiger partial charge in [0.15, 0.2) is 0 Å². The van der Waals surface area contributed by atoms with Gasteiger partial charge in [0.2, 0.25) is 5.90 Å². The maximum atomic E-state index is 9.12. The average molecular weight is 185 g/mol. The Hall–Kier alpha value is -1.23. The predicted molar refractivity (Wildman–Crippen MR) is 50.2 cm³/mol. The molecular weight excluding hydrogens is 170 g/mol. The van der Waals surface area contributed by atoms with Crippen LogP contribution in [0, 0.1) is 0 Å². The molecule has 1 unspecified atom stereocenters. The SMILES string of the molecule is CN(C)C(=CN)C1=NCC(O)CO1. The first-order chi connectivity index (χ1) is 6.15. The number of aliphatic imine (C=N–C) groups is 1. The van der Waals surface area contributed by atoms with Crippen molar-refractivity contribution in [1.29, 1.82) is 0 Å². The average Bonchev–Trinajstić information content (AvgIpc) is 2.09. The van der Waals surface area contributed by atoms with Crippen LogP contribution in [0.25, 0.3) is 0 Å². The Morgan fingerprint density at radius 2 is 2.46 bits per heavy atom. The Morgan fingerprint density at radius 1 is 1.77 bits per heavy atom. The summed E-state index contributed by atoms with van der Waals surface area (Å²) >= 11 is 0. The molecule has 0 aromatic heterocycles. The van der Waals surface area contributed by atoms with Crippen molar-refractivity contribution >= 4 is 5.90 Å². The summed E-state index contributed by atoms with van der Waals surface area (Å²) in [5, 5.41) is 9.12. The molecule has 1 aliphatic rings. The molecule has 3 N–H and O–H groups in total. The van der Waals surface area contributed by atoms with Gasteiger partial charge in [-0.3, -0.25) is 0 Å². The van der Waals surface area contributed by atoms with E-state index < -0.39 is 6.10 Å². The van der Waals surface area contributed by atoms with Crippen molar-refractivity contribution in [3.63, 3.8) is 0 Å². The Bertz CT molecular complexity index is 236. The minimum absolute atomic E-state index is 0.282. The fraction of sp³-hybridized carbons (Fsp3) is 0.625. The van der Waals surface area contributed by atoms with Crippen LogP contribution in [0.4, 0.5) is 0 Å². The van der Waals surface area contributed by atoms with Crippen molar-refractivity contribution in [2.75, 3.05) is 27.2 Å². The van der Waals surface area contributed by atoms with E-state index in [2.05, 4.69) is 4.99 Å². The van der Waals surface area contributed by atoms with Gasteiger partial charge in [-0.1, -0.05) is 0 Å². The zero-order chi connectivity index (χ0) is 9.84. The van der Waals surface area contributed by atoms with E-state index in [1.165, 1.54) is 6.20 Å². The molecule has 1 rings (SSSR count). The molecule has 0 saturated heterocycles. The molecule has 0 aromatic rings. The van der Waals surface area contributed by atoms with Crippen molar-refractivity contribution < 1.29 is 9.84 Å². The number of hydrogen-bond donors (Lipinski definition) is 2. The zero-order valence-electron chi connectivity index (χ0n) is 7.90. The summed E-state index contributed by atoms with van der Waals surface area (Å²) in [6, 6.07) is 0. The Labute approximate surface area is 77.5 Å². The fourth-order valence-corrected chi connectivity index (χ4v) is 1.03. The number of likely N-dealkylation sites (N-methyl/N-ethyl adjacent to an activating group) is 1. The second kappa shape index (κ2) is 4.13. The van der Waals surface area contributed by atoms with Crippen LogP contribution in [0.2, 0.25) is 0 Å². The lowest BCUT2D eigenvalue weighted by atomic mass is 10.3. The first-order valence-corrected chi connectivity index (χ1v) is 4.10. The number of ether oxygens (including phenoxy) is 1. The van der Waals surface area contributed by atoms with Crippen molar-refractivity contribution in [2.45, 2.75) is 6.10 Å². The van der Waals surface area contributed by atoms with Gasteiger partial charge in [0.05, 0.1) is 6.54 Å². The lowest BCUT2D eigenvalue weighted by Gasteiger charge is -2.23. The molecule has 0 amide bonds. The summed E-state index contributed by atoms with van der Waals surface area (Å²) < 4.78 is 5.21. The van der Waals surface area contributed by atoms with E-state index in [1.807, 2.05) is 19.0 Å². The maximum absolute atomic E-state index is 9.12. The van der Waals surface area contributed by atoms with Crippen LogP contribution < -0.4 is 5.73 Å². The zero-order valence-corrected chi connectivity index (χ0v) is 7.90. The Balaban J connectivity index is 2.71. The second-order valence-corrected chi connectivity index (χ2v) is 3.06.